The Kier molecular flexibility index (Phi) is 4.64. The minimum absolute atomic E-state index is 0.0939. The zero-order chi connectivity index (χ0) is 23.4. The fraction of sp³-hybridized carbons (Fsp3) is 0.0345. The van der Waals surface area contributed by atoms with Gasteiger partial charge in [-0.3, -0.25) is 10.1 Å². The number of rotatable bonds is 3. The molecule has 0 atom stereocenters. The van der Waals surface area contributed by atoms with Crippen LogP contribution in [-0.4, -0.2) is 9.49 Å². The second-order valence-corrected chi connectivity index (χ2v) is 8.85. The summed E-state index contributed by atoms with van der Waals surface area (Å²) in [4.78, 5) is 11.8. The molecular weight excluding hydrogens is 444 g/mol. The standard InChI is InChI=1S/C29H19ClN2O2/c1-18-13-15-25(23(30)17-18)31-24-11-5-4-9-21(24)29-22(10-6-12-26(29)31)28-20-8-3-2-7-19(20)14-16-27(28)32(33)34/h2-17H,1H3. The van der Waals surface area contributed by atoms with Gasteiger partial charge in [0.25, 0.3) is 5.69 Å². The third-order valence-electron chi connectivity index (χ3n) is 6.41. The molecule has 0 N–H and O–H groups in total. The lowest BCUT2D eigenvalue weighted by molar-refractivity contribution is -0.384. The number of nitrogens with zero attached hydrogens (tertiary/aromatic N) is 2. The van der Waals surface area contributed by atoms with Crippen molar-refractivity contribution in [1.82, 2.24) is 4.57 Å². The Balaban J connectivity index is 1.81. The van der Waals surface area contributed by atoms with Gasteiger partial charge in [0.15, 0.2) is 0 Å². The first-order valence-corrected chi connectivity index (χ1v) is 11.4. The van der Waals surface area contributed by atoms with Gasteiger partial charge in [0.1, 0.15) is 0 Å². The maximum atomic E-state index is 12.1. The van der Waals surface area contributed by atoms with Crippen LogP contribution in [0.5, 0.6) is 0 Å². The first-order chi connectivity index (χ1) is 16.5. The van der Waals surface area contributed by atoms with Crippen LogP contribution in [0.4, 0.5) is 5.69 Å². The molecule has 0 aliphatic rings. The lowest BCUT2D eigenvalue weighted by Gasteiger charge is -2.12. The van der Waals surface area contributed by atoms with Crippen molar-refractivity contribution in [3.8, 4) is 16.8 Å². The van der Waals surface area contributed by atoms with E-state index < -0.39 is 0 Å². The molecule has 0 aliphatic heterocycles. The van der Waals surface area contributed by atoms with Gasteiger partial charge < -0.3 is 4.57 Å². The second kappa shape index (κ2) is 7.72. The summed E-state index contributed by atoms with van der Waals surface area (Å²) in [5.74, 6) is 0. The van der Waals surface area contributed by atoms with Crippen molar-refractivity contribution < 1.29 is 4.92 Å². The van der Waals surface area contributed by atoms with E-state index >= 15 is 0 Å². The summed E-state index contributed by atoms with van der Waals surface area (Å²) >= 11 is 6.71. The quantitative estimate of drug-likeness (QED) is 0.195. The van der Waals surface area contributed by atoms with Gasteiger partial charge in [-0.1, -0.05) is 72.3 Å². The van der Waals surface area contributed by atoms with E-state index in [4.69, 9.17) is 11.6 Å². The Hall–Kier alpha value is -4.15. The van der Waals surface area contributed by atoms with Gasteiger partial charge in [0, 0.05) is 16.8 Å². The molecule has 164 valence electrons. The van der Waals surface area contributed by atoms with E-state index in [2.05, 4.69) is 16.7 Å². The molecule has 0 aliphatic carbocycles. The SMILES string of the molecule is Cc1ccc(-n2c3ccccc3c3c(-c4c([N+](=O)[O-])ccc5ccccc45)cccc32)c(Cl)c1. The molecule has 1 heterocycles. The van der Waals surface area contributed by atoms with Crippen LogP contribution in [0.1, 0.15) is 5.56 Å². The summed E-state index contributed by atoms with van der Waals surface area (Å²) in [5.41, 5.74) is 5.47. The predicted octanol–water partition coefficient (Wildman–Crippen LogP) is 8.47. The molecular formula is C29H19ClN2O2. The number of halogens is 1. The predicted molar refractivity (Wildman–Crippen MR) is 140 cm³/mol. The van der Waals surface area contributed by atoms with Gasteiger partial charge in [0.2, 0.25) is 0 Å². The zero-order valence-electron chi connectivity index (χ0n) is 18.3. The van der Waals surface area contributed by atoms with E-state index in [1.54, 1.807) is 6.07 Å². The molecule has 0 saturated heterocycles. The fourth-order valence-electron chi connectivity index (χ4n) is 4.98. The summed E-state index contributed by atoms with van der Waals surface area (Å²) in [6.45, 7) is 2.01. The van der Waals surface area contributed by atoms with E-state index in [9.17, 15) is 10.1 Å². The summed E-state index contributed by atoms with van der Waals surface area (Å²) in [6.07, 6.45) is 0. The Morgan fingerprint density at radius 2 is 1.53 bits per heavy atom. The number of aryl methyl sites for hydroxylation is 1. The van der Waals surface area contributed by atoms with Crippen molar-refractivity contribution in [2.75, 3.05) is 0 Å². The normalized spacial score (nSPS) is 11.5. The van der Waals surface area contributed by atoms with E-state index in [0.29, 0.717) is 10.6 Å². The minimum Gasteiger partial charge on any atom is -0.308 e. The Morgan fingerprint density at radius 3 is 2.32 bits per heavy atom. The number of nitro benzene ring substituents is 1. The van der Waals surface area contributed by atoms with E-state index in [0.717, 1.165) is 49.4 Å². The zero-order valence-corrected chi connectivity index (χ0v) is 19.1. The molecule has 0 saturated carbocycles. The van der Waals surface area contributed by atoms with Crippen LogP contribution in [0, 0.1) is 17.0 Å². The average molecular weight is 463 g/mol. The highest BCUT2D eigenvalue weighted by atomic mass is 35.5. The van der Waals surface area contributed by atoms with Gasteiger partial charge in [-0.25, -0.2) is 0 Å². The molecule has 6 rings (SSSR count). The number of hydrogen-bond acceptors (Lipinski definition) is 2. The van der Waals surface area contributed by atoms with Gasteiger partial charge in [-0.2, -0.15) is 0 Å². The highest BCUT2D eigenvalue weighted by Gasteiger charge is 2.23. The third-order valence-corrected chi connectivity index (χ3v) is 6.72. The van der Waals surface area contributed by atoms with Crippen LogP contribution in [0.3, 0.4) is 0 Å². The van der Waals surface area contributed by atoms with Crippen molar-refractivity contribution in [1.29, 1.82) is 0 Å². The Bertz CT molecular complexity index is 1770. The number of para-hydroxylation sites is 1. The monoisotopic (exact) mass is 462 g/mol. The molecule has 5 aromatic carbocycles. The van der Waals surface area contributed by atoms with Crippen molar-refractivity contribution in [2.24, 2.45) is 0 Å². The van der Waals surface area contributed by atoms with Crippen molar-refractivity contribution in [3.05, 3.63) is 118 Å². The number of aromatic nitrogens is 1. The second-order valence-electron chi connectivity index (χ2n) is 8.45. The highest BCUT2D eigenvalue weighted by Crippen LogP contribution is 2.44. The third kappa shape index (κ3) is 3.00. The molecule has 0 spiro atoms. The molecule has 0 unspecified atom stereocenters. The number of hydrogen-bond donors (Lipinski definition) is 0. The van der Waals surface area contributed by atoms with Gasteiger partial charge in [0.05, 0.1) is 32.2 Å². The number of fused-ring (bicyclic) bond motifs is 4. The largest absolute Gasteiger partial charge is 0.308 e. The average Bonchev–Trinajstić information content (AvgIpc) is 3.18. The van der Waals surface area contributed by atoms with Gasteiger partial charge >= 0.3 is 0 Å². The molecule has 5 heteroatoms. The summed E-state index contributed by atoms with van der Waals surface area (Å²) in [5, 5.41) is 16.6. The summed E-state index contributed by atoms with van der Waals surface area (Å²) in [7, 11) is 0. The first-order valence-electron chi connectivity index (χ1n) is 11.0. The van der Waals surface area contributed by atoms with Crippen LogP contribution < -0.4 is 0 Å². The van der Waals surface area contributed by atoms with Crippen LogP contribution in [0.25, 0.3) is 49.4 Å². The molecule has 0 amide bonds. The van der Waals surface area contributed by atoms with E-state index in [1.165, 1.54) is 0 Å². The Labute approximate surface area is 200 Å². The summed E-state index contributed by atoms with van der Waals surface area (Å²) in [6, 6.07) is 31.4. The van der Waals surface area contributed by atoms with Crippen LogP contribution >= 0.6 is 11.6 Å². The molecule has 0 fully saturated rings. The number of nitro groups is 1. The van der Waals surface area contributed by atoms with E-state index in [1.807, 2.05) is 85.8 Å². The molecule has 1 aromatic heterocycles. The fourth-order valence-corrected chi connectivity index (χ4v) is 5.30. The lowest BCUT2D eigenvalue weighted by atomic mass is 9.93. The van der Waals surface area contributed by atoms with Crippen LogP contribution in [0.15, 0.2) is 97.1 Å². The Morgan fingerprint density at radius 1 is 0.794 bits per heavy atom. The van der Waals surface area contributed by atoms with Crippen molar-refractivity contribution in [3.63, 3.8) is 0 Å². The van der Waals surface area contributed by atoms with Gasteiger partial charge in [-0.15, -0.1) is 0 Å². The lowest BCUT2D eigenvalue weighted by Crippen LogP contribution is -1.96. The van der Waals surface area contributed by atoms with Crippen molar-refractivity contribution >= 4 is 49.9 Å². The van der Waals surface area contributed by atoms with Crippen LogP contribution in [0.2, 0.25) is 5.02 Å². The topological polar surface area (TPSA) is 48.1 Å². The molecule has 0 bridgehead atoms. The maximum Gasteiger partial charge on any atom is 0.277 e. The minimum atomic E-state index is -0.295. The summed E-state index contributed by atoms with van der Waals surface area (Å²) < 4.78 is 2.15. The first kappa shape index (κ1) is 20.5. The molecule has 0 radical (unpaired) electrons. The molecule has 4 nitrogen and oxygen atoms in total. The van der Waals surface area contributed by atoms with E-state index in [-0.39, 0.29) is 10.6 Å². The molecule has 34 heavy (non-hydrogen) atoms. The van der Waals surface area contributed by atoms with Crippen molar-refractivity contribution in [2.45, 2.75) is 6.92 Å². The highest BCUT2D eigenvalue weighted by molar-refractivity contribution is 6.33. The molecule has 6 aromatic rings. The van der Waals surface area contributed by atoms with Gasteiger partial charge in [-0.05, 0) is 59.2 Å². The maximum absolute atomic E-state index is 12.1. The van der Waals surface area contributed by atoms with Crippen LogP contribution in [-0.2, 0) is 0 Å². The number of benzene rings is 5. The smallest absolute Gasteiger partial charge is 0.277 e.